The maximum Gasteiger partial charge on any atom is 0.254 e. The number of carbonyl (C=O) groups is 2. The lowest BCUT2D eigenvalue weighted by Gasteiger charge is -2.36. The normalized spacial score (nSPS) is 24.0. The molecule has 2 amide bonds. The molecule has 0 unspecified atom stereocenters. The Kier molecular flexibility index (Phi) is 4.58. The standard InChI is InChI=1S/C16H19FN2O4/c1-22-7-6-19-13-8-18(9-14(13)23-10-15(19)20)16(21)11-2-4-12(17)5-3-11/h2-5,13-14H,6-10H2,1H3/t13-,14+/m1/s1. The van der Waals surface area contributed by atoms with E-state index in [-0.39, 0.29) is 36.4 Å². The molecule has 3 rings (SSSR count). The second-order valence-corrected chi connectivity index (χ2v) is 5.71. The summed E-state index contributed by atoms with van der Waals surface area (Å²) in [5, 5.41) is 0. The lowest BCUT2D eigenvalue weighted by molar-refractivity contribution is -0.153. The van der Waals surface area contributed by atoms with Crippen LogP contribution in [0.1, 0.15) is 10.4 Å². The Morgan fingerprint density at radius 1 is 1.35 bits per heavy atom. The minimum atomic E-state index is -0.378. The van der Waals surface area contributed by atoms with Crippen molar-refractivity contribution in [2.75, 3.05) is 40.0 Å². The Labute approximate surface area is 133 Å². The molecule has 7 heteroatoms. The molecule has 2 fully saturated rings. The first-order chi connectivity index (χ1) is 11.1. The molecule has 0 bridgehead atoms. The van der Waals surface area contributed by atoms with Crippen molar-refractivity contribution in [2.24, 2.45) is 0 Å². The van der Waals surface area contributed by atoms with E-state index in [1.165, 1.54) is 24.3 Å². The van der Waals surface area contributed by atoms with E-state index in [4.69, 9.17) is 9.47 Å². The first kappa shape index (κ1) is 15.9. The van der Waals surface area contributed by atoms with Crippen molar-refractivity contribution in [1.29, 1.82) is 0 Å². The minimum Gasteiger partial charge on any atom is -0.383 e. The molecule has 0 N–H and O–H groups in total. The van der Waals surface area contributed by atoms with E-state index in [2.05, 4.69) is 0 Å². The van der Waals surface area contributed by atoms with Gasteiger partial charge in [0.05, 0.1) is 18.8 Å². The smallest absolute Gasteiger partial charge is 0.254 e. The first-order valence-corrected chi connectivity index (χ1v) is 7.55. The number of methoxy groups -OCH3 is 1. The maximum absolute atomic E-state index is 13.0. The van der Waals surface area contributed by atoms with Crippen molar-refractivity contribution in [3.8, 4) is 0 Å². The second kappa shape index (κ2) is 6.64. The minimum absolute atomic E-state index is 0.0312. The third-order valence-corrected chi connectivity index (χ3v) is 4.29. The highest BCUT2D eigenvalue weighted by Crippen LogP contribution is 2.24. The lowest BCUT2D eigenvalue weighted by Crippen LogP contribution is -2.54. The molecule has 23 heavy (non-hydrogen) atoms. The monoisotopic (exact) mass is 322 g/mol. The van der Waals surface area contributed by atoms with Gasteiger partial charge in [-0.05, 0) is 24.3 Å². The van der Waals surface area contributed by atoms with Gasteiger partial charge in [0.15, 0.2) is 0 Å². The van der Waals surface area contributed by atoms with Crippen LogP contribution in [-0.2, 0) is 14.3 Å². The summed E-state index contributed by atoms with van der Waals surface area (Å²) in [4.78, 5) is 27.9. The Morgan fingerprint density at radius 3 is 2.78 bits per heavy atom. The van der Waals surface area contributed by atoms with Gasteiger partial charge in [-0.25, -0.2) is 4.39 Å². The molecule has 6 nitrogen and oxygen atoms in total. The average Bonchev–Trinajstić information content (AvgIpc) is 2.98. The molecule has 0 saturated carbocycles. The fourth-order valence-electron chi connectivity index (χ4n) is 3.09. The van der Waals surface area contributed by atoms with Crippen LogP contribution in [0.2, 0.25) is 0 Å². The quantitative estimate of drug-likeness (QED) is 0.811. The van der Waals surface area contributed by atoms with Gasteiger partial charge in [-0.2, -0.15) is 0 Å². The summed E-state index contributed by atoms with van der Waals surface area (Å²) < 4.78 is 23.6. The Balaban J connectivity index is 1.71. The second-order valence-electron chi connectivity index (χ2n) is 5.71. The summed E-state index contributed by atoms with van der Waals surface area (Å²) in [6, 6.07) is 5.31. The van der Waals surface area contributed by atoms with Crippen LogP contribution in [0, 0.1) is 5.82 Å². The summed E-state index contributed by atoms with van der Waals surface area (Å²) >= 11 is 0. The van der Waals surface area contributed by atoms with Crippen LogP contribution in [-0.4, -0.2) is 73.7 Å². The predicted molar refractivity (Wildman–Crippen MR) is 79.4 cm³/mol. The molecule has 2 atom stereocenters. The van der Waals surface area contributed by atoms with Crippen molar-refractivity contribution in [3.05, 3.63) is 35.6 Å². The van der Waals surface area contributed by atoms with Crippen molar-refractivity contribution in [1.82, 2.24) is 9.80 Å². The van der Waals surface area contributed by atoms with Gasteiger partial charge < -0.3 is 19.3 Å². The van der Waals surface area contributed by atoms with E-state index in [1.807, 2.05) is 0 Å². The van der Waals surface area contributed by atoms with Gasteiger partial charge in [0.25, 0.3) is 5.91 Å². The van der Waals surface area contributed by atoms with Gasteiger partial charge in [0.2, 0.25) is 5.91 Å². The van der Waals surface area contributed by atoms with Crippen LogP contribution >= 0.6 is 0 Å². The van der Waals surface area contributed by atoms with Crippen LogP contribution in [0.3, 0.4) is 0 Å². The molecule has 2 saturated heterocycles. The highest BCUT2D eigenvalue weighted by atomic mass is 19.1. The highest BCUT2D eigenvalue weighted by Gasteiger charge is 2.44. The first-order valence-electron chi connectivity index (χ1n) is 7.55. The van der Waals surface area contributed by atoms with Crippen molar-refractivity contribution < 1.29 is 23.5 Å². The number of amides is 2. The number of halogens is 1. The summed E-state index contributed by atoms with van der Waals surface area (Å²) in [6.45, 7) is 1.80. The molecule has 1 aromatic carbocycles. The number of carbonyl (C=O) groups excluding carboxylic acids is 2. The number of benzene rings is 1. The van der Waals surface area contributed by atoms with Gasteiger partial charge in [0, 0.05) is 32.3 Å². The summed E-state index contributed by atoms with van der Waals surface area (Å²) in [7, 11) is 1.58. The van der Waals surface area contributed by atoms with E-state index in [1.54, 1.807) is 16.9 Å². The van der Waals surface area contributed by atoms with Crippen LogP contribution in [0.25, 0.3) is 0 Å². The van der Waals surface area contributed by atoms with Gasteiger partial charge in [-0.1, -0.05) is 0 Å². The van der Waals surface area contributed by atoms with E-state index in [0.717, 1.165) is 0 Å². The molecule has 0 radical (unpaired) electrons. The third kappa shape index (κ3) is 3.20. The fraction of sp³-hybridized carbons (Fsp3) is 0.500. The maximum atomic E-state index is 13.0. The number of morpholine rings is 1. The number of hydrogen-bond acceptors (Lipinski definition) is 4. The number of rotatable bonds is 4. The topological polar surface area (TPSA) is 59.1 Å². The number of likely N-dealkylation sites (tertiary alicyclic amines) is 1. The number of ether oxygens (including phenoxy) is 2. The van der Waals surface area contributed by atoms with Crippen molar-refractivity contribution in [2.45, 2.75) is 12.1 Å². The van der Waals surface area contributed by atoms with Gasteiger partial charge in [0.1, 0.15) is 12.4 Å². The molecule has 1 aromatic rings. The summed E-state index contributed by atoms with van der Waals surface area (Å²) in [5.41, 5.74) is 0.430. The van der Waals surface area contributed by atoms with Crippen LogP contribution in [0.15, 0.2) is 24.3 Å². The molecule has 0 aromatic heterocycles. The molecule has 0 aliphatic carbocycles. The largest absolute Gasteiger partial charge is 0.383 e. The Morgan fingerprint density at radius 2 is 2.09 bits per heavy atom. The Bertz CT molecular complexity index is 592. The molecular weight excluding hydrogens is 303 g/mol. The van der Waals surface area contributed by atoms with E-state index >= 15 is 0 Å². The molecule has 2 heterocycles. The molecular formula is C16H19FN2O4. The summed E-state index contributed by atoms with van der Waals surface area (Å²) in [5.74, 6) is -0.641. The number of nitrogens with zero attached hydrogens (tertiary/aromatic N) is 2. The Hall–Kier alpha value is -1.99. The number of hydrogen-bond donors (Lipinski definition) is 0. The van der Waals surface area contributed by atoms with Crippen molar-refractivity contribution in [3.63, 3.8) is 0 Å². The van der Waals surface area contributed by atoms with Gasteiger partial charge in [-0.15, -0.1) is 0 Å². The zero-order chi connectivity index (χ0) is 16.4. The van der Waals surface area contributed by atoms with Crippen molar-refractivity contribution >= 4 is 11.8 Å². The zero-order valence-corrected chi connectivity index (χ0v) is 12.9. The van der Waals surface area contributed by atoms with Crippen LogP contribution in [0.5, 0.6) is 0 Å². The SMILES string of the molecule is COCCN1C(=O)CO[C@H]2CN(C(=O)c3ccc(F)cc3)C[C@H]21. The van der Waals surface area contributed by atoms with E-state index < -0.39 is 0 Å². The lowest BCUT2D eigenvalue weighted by atomic mass is 10.1. The van der Waals surface area contributed by atoms with E-state index in [0.29, 0.717) is 31.8 Å². The van der Waals surface area contributed by atoms with Crippen LogP contribution < -0.4 is 0 Å². The molecule has 2 aliphatic heterocycles. The average molecular weight is 322 g/mol. The third-order valence-electron chi connectivity index (χ3n) is 4.29. The zero-order valence-electron chi connectivity index (χ0n) is 12.9. The van der Waals surface area contributed by atoms with Gasteiger partial charge in [-0.3, -0.25) is 9.59 Å². The fourth-order valence-corrected chi connectivity index (χ4v) is 3.09. The highest BCUT2D eigenvalue weighted by molar-refractivity contribution is 5.94. The van der Waals surface area contributed by atoms with E-state index in [9.17, 15) is 14.0 Å². The molecule has 124 valence electrons. The molecule has 2 aliphatic rings. The molecule has 0 spiro atoms. The number of fused-ring (bicyclic) bond motifs is 1. The van der Waals surface area contributed by atoms with Gasteiger partial charge >= 0.3 is 0 Å². The van der Waals surface area contributed by atoms with Crippen LogP contribution in [0.4, 0.5) is 4.39 Å². The summed E-state index contributed by atoms with van der Waals surface area (Å²) in [6.07, 6.45) is -0.186. The predicted octanol–water partition coefficient (Wildman–Crippen LogP) is 0.524.